The molecular formula is C25H16INO4. The van der Waals surface area contributed by atoms with E-state index in [-0.39, 0.29) is 23.7 Å². The molecular weight excluding hydrogens is 505 g/mol. The minimum absolute atomic E-state index is 0.135. The van der Waals surface area contributed by atoms with Gasteiger partial charge in [-0.3, -0.25) is 9.59 Å². The molecule has 1 aliphatic rings. The van der Waals surface area contributed by atoms with Crippen molar-refractivity contribution in [2.75, 3.05) is 7.11 Å². The normalized spacial score (nSPS) is 12.4. The first-order valence-corrected chi connectivity index (χ1v) is 10.5. The highest BCUT2D eigenvalue weighted by Crippen LogP contribution is 2.36. The Morgan fingerprint density at radius 3 is 2.29 bits per heavy atom. The highest BCUT2D eigenvalue weighted by atomic mass is 127. The van der Waals surface area contributed by atoms with Crippen LogP contribution in [0.4, 0.5) is 0 Å². The highest BCUT2D eigenvalue weighted by molar-refractivity contribution is 14.1. The van der Waals surface area contributed by atoms with Crippen LogP contribution in [0.25, 0.3) is 6.08 Å². The summed E-state index contributed by atoms with van der Waals surface area (Å²) in [5, 5.41) is 9.26. The standard InChI is InChI=1S/C25H16INO4/c1-30-22-12-15(10-20-23(28)18-8-4-5-9-19(18)24(20)29)11-21(26)25(22)31-14-17-7-3-2-6-16(17)13-27/h2-12H,14H2,1H3. The first-order valence-electron chi connectivity index (χ1n) is 9.42. The summed E-state index contributed by atoms with van der Waals surface area (Å²) in [4.78, 5) is 25.3. The van der Waals surface area contributed by atoms with Gasteiger partial charge in [0.1, 0.15) is 6.61 Å². The third-order valence-corrected chi connectivity index (χ3v) is 5.78. The van der Waals surface area contributed by atoms with Gasteiger partial charge in [0, 0.05) is 16.7 Å². The third-order valence-electron chi connectivity index (χ3n) is 4.98. The molecule has 1 aliphatic carbocycles. The number of Topliss-reactive ketones (excluding diaryl/α,β-unsaturated/α-hetero) is 2. The number of nitriles is 1. The summed E-state index contributed by atoms with van der Waals surface area (Å²) in [7, 11) is 1.53. The zero-order valence-corrected chi connectivity index (χ0v) is 18.7. The van der Waals surface area contributed by atoms with Crippen LogP contribution in [0.3, 0.4) is 0 Å². The first-order chi connectivity index (χ1) is 15.0. The van der Waals surface area contributed by atoms with Crippen molar-refractivity contribution in [3.05, 3.63) is 97.6 Å². The maximum Gasteiger partial charge on any atom is 0.197 e. The molecule has 5 nitrogen and oxygen atoms in total. The molecule has 0 aliphatic heterocycles. The van der Waals surface area contributed by atoms with Gasteiger partial charge in [-0.25, -0.2) is 0 Å². The maximum atomic E-state index is 12.7. The molecule has 152 valence electrons. The molecule has 0 saturated carbocycles. The van der Waals surface area contributed by atoms with Crippen molar-refractivity contribution in [2.24, 2.45) is 0 Å². The number of nitrogens with zero attached hydrogens (tertiary/aromatic N) is 1. The van der Waals surface area contributed by atoms with Crippen LogP contribution < -0.4 is 9.47 Å². The molecule has 4 rings (SSSR count). The summed E-state index contributed by atoms with van der Waals surface area (Å²) in [5.41, 5.74) is 2.98. The van der Waals surface area contributed by atoms with Crippen LogP contribution in [-0.2, 0) is 6.61 Å². The zero-order chi connectivity index (χ0) is 22.0. The van der Waals surface area contributed by atoms with Gasteiger partial charge >= 0.3 is 0 Å². The SMILES string of the molecule is COc1cc(C=C2C(=O)c3ccccc3C2=O)cc(I)c1OCc1ccccc1C#N. The molecule has 0 saturated heterocycles. The van der Waals surface area contributed by atoms with Crippen LogP contribution in [0.15, 0.2) is 66.2 Å². The van der Waals surface area contributed by atoms with E-state index in [4.69, 9.17) is 9.47 Å². The van der Waals surface area contributed by atoms with Crippen LogP contribution in [0.1, 0.15) is 37.4 Å². The monoisotopic (exact) mass is 521 g/mol. The molecule has 3 aromatic carbocycles. The lowest BCUT2D eigenvalue weighted by Gasteiger charge is -2.14. The Balaban J connectivity index is 1.65. The fourth-order valence-corrected chi connectivity index (χ4v) is 4.22. The molecule has 31 heavy (non-hydrogen) atoms. The fourth-order valence-electron chi connectivity index (χ4n) is 3.44. The predicted octanol–water partition coefficient (Wildman–Crippen LogP) is 5.21. The molecule has 0 amide bonds. The summed E-state index contributed by atoms with van der Waals surface area (Å²) in [6.45, 7) is 0.211. The second-order valence-corrected chi connectivity index (χ2v) is 8.02. The Morgan fingerprint density at radius 1 is 1.00 bits per heavy atom. The smallest absolute Gasteiger partial charge is 0.197 e. The number of carbonyl (C=O) groups is 2. The van der Waals surface area contributed by atoms with Gasteiger partial charge in [-0.15, -0.1) is 0 Å². The summed E-state index contributed by atoms with van der Waals surface area (Å²) >= 11 is 2.12. The Kier molecular flexibility index (Phi) is 5.87. The zero-order valence-electron chi connectivity index (χ0n) is 16.5. The molecule has 0 radical (unpaired) electrons. The van der Waals surface area contributed by atoms with Crippen LogP contribution in [0, 0.1) is 14.9 Å². The number of benzene rings is 3. The molecule has 0 atom stereocenters. The number of ether oxygens (including phenoxy) is 2. The van der Waals surface area contributed by atoms with E-state index in [0.29, 0.717) is 33.8 Å². The summed E-state index contributed by atoms with van der Waals surface area (Å²) in [6, 6.07) is 19.8. The highest BCUT2D eigenvalue weighted by Gasteiger charge is 2.32. The van der Waals surface area contributed by atoms with Crippen LogP contribution in [-0.4, -0.2) is 18.7 Å². The van der Waals surface area contributed by atoms with Crippen LogP contribution in [0.5, 0.6) is 11.5 Å². The second kappa shape index (κ2) is 8.74. The van der Waals surface area contributed by atoms with E-state index in [1.54, 1.807) is 48.5 Å². The summed E-state index contributed by atoms with van der Waals surface area (Å²) < 4.78 is 12.2. The third kappa shape index (κ3) is 3.97. The molecule has 0 fully saturated rings. The van der Waals surface area contributed by atoms with Crippen molar-refractivity contribution in [3.63, 3.8) is 0 Å². The number of carbonyl (C=O) groups excluding carboxylic acids is 2. The van der Waals surface area contributed by atoms with Gasteiger partial charge < -0.3 is 9.47 Å². The predicted molar refractivity (Wildman–Crippen MR) is 124 cm³/mol. The Bertz CT molecular complexity index is 1250. The van der Waals surface area contributed by atoms with Crippen molar-refractivity contribution in [1.29, 1.82) is 5.26 Å². The first kappa shape index (κ1) is 20.8. The van der Waals surface area contributed by atoms with Crippen LogP contribution in [0.2, 0.25) is 0 Å². The van der Waals surface area contributed by atoms with E-state index >= 15 is 0 Å². The van der Waals surface area contributed by atoms with Gasteiger partial charge in [-0.1, -0.05) is 42.5 Å². The molecule has 0 bridgehead atoms. The van der Waals surface area contributed by atoms with Gasteiger partial charge in [0.25, 0.3) is 0 Å². The quantitative estimate of drug-likeness (QED) is 0.262. The van der Waals surface area contributed by atoms with Crippen molar-refractivity contribution in [1.82, 2.24) is 0 Å². The maximum absolute atomic E-state index is 12.7. The molecule has 0 heterocycles. The minimum Gasteiger partial charge on any atom is -0.493 e. The molecule has 0 aromatic heterocycles. The number of halogens is 1. The van der Waals surface area contributed by atoms with Crippen molar-refractivity contribution in [3.8, 4) is 17.6 Å². The molecule has 0 N–H and O–H groups in total. The molecule has 0 unspecified atom stereocenters. The van der Waals surface area contributed by atoms with Gasteiger partial charge in [-0.2, -0.15) is 5.26 Å². The van der Waals surface area contributed by atoms with Gasteiger partial charge in [0.05, 0.1) is 27.9 Å². The minimum atomic E-state index is -0.275. The average molecular weight is 521 g/mol. The number of ketones is 2. The molecule has 6 heteroatoms. The number of rotatable bonds is 5. The van der Waals surface area contributed by atoms with Gasteiger partial charge in [-0.05, 0) is 52.4 Å². The lowest BCUT2D eigenvalue weighted by Crippen LogP contribution is -2.03. The summed E-state index contributed by atoms with van der Waals surface area (Å²) in [5.74, 6) is 0.458. The van der Waals surface area contributed by atoms with Gasteiger partial charge in [0.15, 0.2) is 23.1 Å². The van der Waals surface area contributed by atoms with Crippen molar-refractivity contribution < 1.29 is 19.1 Å². The lowest BCUT2D eigenvalue weighted by atomic mass is 10.1. The average Bonchev–Trinajstić information content (AvgIpc) is 3.03. The van der Waals surface area contributed by atoms with E-state index in [9.17, 15) is 14.9 Å². The van der Waals surface area contributed by atoms with E-state index < -0.39 is 0 Å². The van der Waals surface area contributed by atoms with E-state index in [2.05, 4.69) is 28.7 Å². The fraction of sp³-hybridized carbons (Fsp3) is 0.0800. The molecule has 3 aromatic rings. The van der Waals surface area contributed by atoms with Crippen molar-refractivity contribution in [2.45, 2.75) is 6.61 Å². The van der Waals surface area contributed by atoms with E-state index in [1.807, 2.05) is 18.2 Å². The largest absolute Gasteiger partial charge is 0.493 e. The number of hydrogen-bond acceptors (Lipinski definition) is 5. The van der Waals surface area contributed by atoms with E-state index in [0.717, 1.165) is 9.13 Å². The van der Waals surface area contributed by atoms with E-state index in [1.165, 1.54) is 7.11 Å². The number of hydrogen-bond donors (Lipinski definition) is 0. The second-order valence-electron chi connectivity index (χ2n) is 6.85. The molecule has 0 spiro atoms. The summed E-state index contributed by atoms with van der Waals surface area (Å²) in [6.07, 6.45) is 1.59. The Morgan fingerprint density at radius 2 is 1.65 bits per heavy atom. The van der Waals surface area contributed by atoms with Crippen molar-refractivity contribution >= 4 is 40.2 Å². The Labute approximate surface area is 193 Å². The Hall–Kier alpha value is -3.44. The van der Waals surface area contributed by atoms with Crippen LogP contribution >= 0.6 is 22.6 Å². The lowest BCUT2D eigenvalue weighted by molar-refractivity contribution is 0.0990. The number of fused-ring (bicyclic) bond motifs is 1. The topological polar surface area (TPSA) is 76.4 Å². The number of allylic oxidation sites excluding steroid dienone is 1. The number of methoxy groups -OCH3 is 1. The van der Waals surface area contributed by atoms with Gasteiger partial charge in [0.2, 0.25) is 0 Å².